The zero-order valence-electron chi connectivity index (χ0n) is 14.9. The highest BCUT2D eigenvalue weighted by molar-refractivity contribution is 5.79. The van der Waals surface area contributed by atoms with E-state index in [2.05, 4.69) is 30.3 Å². The summed E-state index contributed by atoms with van der Waals surface area (Å²) in [6.45, 7) is 1.97. The third kappa shape index (κ3) is 3.94. The molecule has 1 aliphatic heterocycles. The number of carbonyl (C=O) groups is 1. The molecule has 0 radical (unpaired) electrons. The van der Waals surface area contributed by atoms with Gasteiger partial charge in [0.05, 0.1) is 12.1 Å². The van der Waals surface area contributed by atoms with E-state index in [1.165, 1.54) is 0 Å². The van der Waals surface area contributed by atoms with Crippen molar-refractivity contribution in [2.75, 3.05) is 18.0 Å². The summed E-state index contributed by atoms with van der Waals surface area (Å²) in [6.07, 6.45) is 12.2. The minimum absolute atomic E-state index is 0.0545. The van der Waals surface area contributed by atoms with Crippen LogP contribution in [0.2, 0.25) is 0 Å². The van der Waals surface area contributed by atoms with E-state index in [4.69, 9.17) is 0 Å². The zero-order valence-corrected chi connectivity index (χ0v) is 14.9. The Morgan fingerprint density at radius 2 is 2.15 bits per heavy atom. The molecule has 3 aromatic heterocycles. The highest BCUT2D eigenvalue weighted by Gasteiger charge is 2.26. The van der Waals surface area contributed by atoms with Crippen LogP contribution in [0.1, 0.15) is 18.4 Å². The van der Waals surface area contributed by atoms with Crippen molar-refractivity contribution < 1.29 is 4.79 Å². The zero-order chi connectivity index (χ0) is 18.5. The Bertz CT molecular complexity index is 882. The normalized spacial score (nSPS) is 16.9. The second-order valence-electron chi connectivity index (χ2n) is 6.50. The predicted octanol–water partition coefficient (Wildman–Crippen LogP) is 1.59. The number of nitrogens with zero attached hydrogens (tertiary/aromatic N) is 6. The predicted molar refractivity (Wildman–Crippen MR) is 100 cm³/mol. The molecule has 0 saturated carbocycles. The maximum Gasteiger partial charge on any atom is 0.225 e. The molecular weight excluding hydrogens is 342 g/mol. The summed E-state index contributed by atoms with van der Waals surface area (Å²) in [7, 11) is 0. The van der Waals surface area contributed by atoms with Crippen molar-refractivity contribution in [3.8, 4) is 5.82 Å². The van der Waals surface area contributed by atoms with Crippen LogP contribution in [0.5, 0.6) is 0 Å². The van der Waals surface area contributed by atoms with E-state index in [1.54, 1.807) is 35.7 Å². The van der Waals surface area contributed by atoms with Gasteiger partial charge in [0, 0.05) is 56.2 Å². The lowest BCUT2D eigenvalue weighted by Crippen LogP contribution is -2.43. The average molecular weight is 363 g/mol. The monoisotopic (exact) mass is 363 g/mol. The van der Waals surface area contributed by atoms with Gasteiger partial charge in [0.1, 0.15) is 5.82 Å². The number of pyridine rings is 1. The largest absolute Gasteiger partial charge is 0.355 e. The molecule has 3 aromatic rings. The van der Waals surface area contributed by atoms with Crippen molar-refractivity contribution in [2.24, 2.45) is 5.92 Å². The maximum atomic E-state index is 12.7. The number of piperidine rings is 1. The number of carbonyl (C=O) groups excluding carboxylic acids is 1. The quantitative estimate of drug-likeness (QED) is 0.741. The second-order valence-corrected chi connectivity index (χ2v) is 6.50. The van der Waals surface area contributed by atoms with Gasteiger partial charge < -0.3 is 10.2 Å². The topological polar surface area (TPSA) is 88.8 Å². The molecule has 1 amide bonds. The van der Waals surface area contributed by atoms with Gasteiger partial charge >= 0.3 is 0 Å². The van der Waals surface area contributed by atoms with Gasteiger partial charge in [-0.05, 0) is 25.0 Å². The maximum absolute atomic E-state index is 12.7. The molecule has 0 unspecified atom stereocenters. The fourth-order valence-electron chi connectivity index (χ4n) is 3.35. The van der Waals surface area contributed by atoms with Crippen molar-refractivity contribution in [2.45, 2.75) is 19.4 Å². The molecule has 1 saturated heterocycles. The molecule has 1 N–H and O–H groups in total. The van der Waals surface area contributed by atoms with Gasteiger partial charge in [-0.25, -0.2) is 14.6 Å². The molecule has 0 aliphatic carbocycles. The summed E-state index contributed by atoms with van der Waals surface area (Å²) in [5.74, 6) is 1.54. The van der Waals surface area contributed by atoms with E-state index >= 15 is 0 Å². The molecule has 0 spiro atoms. The molecular formula is C19H21N7O. The van der Waals surface area contributed by atoms with Crippen LogP contribution in [0.15, 0.2) is 55.4 Å². The lowest BCUT2D eigenvalue weighted by molar-refractivity contribution is -0.125. The van der Waals surface area contributed by atoms with Gasteiger partial charge in [-0.3, -0.25) is 9.78 Å². The molecule has 4 heterocycles. The third-order valence-electron chi connectivity index (χ3n) is 4.71. The SMILES string of the molecule is O=C(NCc1cccnc1-n1cccn1)[C@@H]1CCCN(c2cnccn2)C1. The molecule has 1 fully saturated rings. The molecule has 8 nitrogen and oxygen atoms in total. The van der Waals surface area contributed by atoms with Crippen molar-refractivity contribution in [1.82, 2.24) is 30.0 Å². The van der Waals surface area contributed by atoms with E-state index in [1.807, 2.05) is 24.4 Å². The van der Waals surface area contributed by atoms with Crippen LogP contribution >= 0.6 is 0 Å². The van der Waals surface area contributed by atoms with Crippen LogP contribution in [-0.4, -0.2) is 43.7 Å². The van der Waals surface area contributed by atoms with Gasteiger partial charge in [-0.1, -0.05) is 6.07 Å². The van der Waals surface area contributed by atoms with Crippen molar-refractivity contribution in [3.05, 3.63) is 60.9 Å². The van der Waals surface area contributed by atoms with E-state index in [0.29, 0.717) is 13.1 Å². The van der Waals surface area contributed by atoms with Crippen molar-refractivity contribution >= 4 is 11.7 Å². The van der Waals surface area contributed by atoms with E-state index in [-0.39, 0.29) is 11.8 Å². The van der Waals surface area contributed by atoms with Crippen molar-refractivity contribution in [1.29, 1.82) is 0 Å². The fourth-order valence-corrected chi connectivity index (χ4v) is 3.35. The van der Waals surface area contributed by atoms with Crippen LogP contribution in [0.25, 0.3) is 5.82 Å². The molecule has 4 rings (SSSR count). The fraction of sp³-hybridized carbons (Fsp3) is 0.316. The average Bonchev–Trinajstić information content (AvgIpc) is 3.28. The minimum Gasteiger partial charge on any atom is -0.355 e. The Morgan fingerprint density at radius 3 is 2.96 bits per heavy atom. The number of rotatable bonds is 5. The van der Waals surface area contributed by atoms with Gasteiger partial charge in [0.2, 0.25) is 5.91 Å². The molecule has 1 atom stereocenters. The van der Waals surface area contributed by atoms with Crippen LogP contribution in [0.3, 0.4) is 0 Å². The summed E-state index contributed by atoms with van der Waals surface area (Å²) >= 11 is 0. The summed E-state index contributed by atoms with van der Waals surface area (Å²) < 4.78 is 1.71. The summed E-state index contributed by atoms with van der Waals surface area (Å²) in [6, 6.07) is 5.67. The van der Waals surface area contributed by atoms with Gasteiger partial charge in [-0.15, -0.1) is 0 Å². The van der Waals surface area contributed by atoms with Crippen LogP contribution in [0.4, 0.5) is 5.82 Å². The standard InChI is InChI=1S/C19H21N7O/c27-19(16-5-2-10-25(14-16)17-13-20-8-9-21-17)23-12-15-4-1-6-22-18(15)26-11-3-7-24-26/h1,3-4,6-9,11,13,16H,2,5,10,12,14H2,(H,23,27)/t16-/m1/s1. The highest BCUT2D eigenvalue weighted by atomic mass is 16.1. The summed E-state index contributed by atoms with van der Waals surface area (Å²) in [5, 5.41) is 7.29. The Kier molecular flexibility index (Phi) is 5.04. The van der Waals surface area contributed by atoms with Gasteiger partial charge in [0.25, 0.3) is 0 Å². The second kappa shape index (κ2) is 7.94. The van der Waals surface area contributed by atoms with E-state index in [0.717, 1.165) is 36.6 Å². The van der Waals surface area contributed by atoms with E-state index in [9.17, 15) is 4.79 Å². The first kappa shape index (κ1) is 17.1. The Balaban J connectivity index is 1.40. The first-order chi connectivity index (χ1) is 13.3. The van der Waals surface area contributed by atoms with Gasteiger partial charge in [0.15, 0.2) is 5.82 Å². The van der Waals surface area contributed by atoms with Crippen LogP contribution in [0, 0.1) is 5.92 Å². The van der Waals surface area contributed by atoms with E-state index < -0.39 is 0 Å². The molecule has 0 bridgehead atoms. The number of nitrogens with one attached hydrogen (secondary N) is 1. The highest BCUT2D eigenvalue weighted by Crippen LogP contribution is 2.21. The molecule has 1 aliphatic rings. The molecule has 138 valence electrons. The molecule has 0 aromatic carbocycles. The Morgan fingerprint density at radius 1 is 1.19 bits per heavy atom. The third-order valence-corrected chi connectivity index (χ3v) is 4.71. The number of aromatic nitrogens is 5. The molecule has 8 heteroatoms. The molecule has 27 heavy (non-hydrogen) atoms. The Labute approximate surface area is 157 Å². The number of hydrogen-bond donors (Lipinski definition) is 1. The lowest BCUT2D eigenvalue weighted by Gasteiger charge is -2.32. The number of anilines is 1. The lowest BCUT2D eigenvalue weighted by atomic mass is 9.97. The minimum atomic E-state index is -0.0643. The smallest absolute Gasteiger partial charge is 0.225 e. The first-order valence-electron chi connectivity index (χ1n) is 9.04. The van der Waals surface area contributed by atoms with Crippen LogP contribution in [-0.2, 0) is 11.3 Å². The van der Waals surface area contributed by atoms with Crippen molar-refractivity contribution in [3.63, 3.8) is 0 Å². The summed E-state index contributed by atoms with van der Waals surface area (Å²) in [4.78, 5) is 27.7. The Hall–Kier alpha value is -3.29. The van der Waals surface area contributed by atoms with Gasteiger partial charge in [-0.2, -0.15) is 5.10 Å². The number of amides is 1. The first-order valence-corrected chi connectivity index (χ1v) is 9.04. The summed E-state index contributed by atoms with van der Waals surface area (Å²) in [5.41, 5.74) is 0.927. The number of hydrogen-bond acceptors (Lipinski definition) is 6. The van der Waals surface area contributed by atoms with Crippen LogP contribution < -0.4 is 10.2 Å².